The lowest BCUT2D eigenvalue weighted by Crippen LogP contribution is -2.12. The maximum absolute atomic E-state index is 14.6. The normalized spacial score (nSPS) is 13.3. The zero-order chi connectivity index (χ0) is 24.2. The third-order valence-corrected chi connectivity index (χ3v) is 5.97. The molecule has 0 bridgehead atoms. The molecule has 2 aromatic carbocycles. The molecule has 1 N–H and O–H groups in total. The monoisotopic (exact) mass is 478 g/mol. The molecule has 1 aliphatic heterocycles. The predicted octanol–water partition coefficient (Wildman–Crippen LogP) is 4.96. The first-order valence-electron chi connectivity index (χ1n) is 11.7. The van der Waals surface area contributed by atoms with Crippen molar-refractivity contribution < 1.29 is 18.1 Å². The Balaban J connectivity index is 1.19. The van der Waals surface area contributed by atoms with E-state index in [2.05, 4.69) is 25.7 Å². The van der Waals surface area contributed by atoms with Crippen LogP contribution in [0.2, 0.25) is 0 Å². The number of benzene rings is 2. The molecule has 0 aliphatic carbocycles. The molecule has 10 heteroatoms. The van der Waals surface area contributed by atoms with E-state index in [4.69, 9.17) is 4.52 Å². The first kappa shape index (κ1) is 22.8. The number of fused-ring (bicyclic) bond motifs is 1. The summed E-state index contributed by atoms with van der Waals surface area (Å²) in [6, 6.07) is 10.3. The van der Waals surface area contributed by atoms with Crippen LogP contribution in [0.15, 0.2) is 47.0 Å². The van der Waals surface area contributed by atoms with Crippen LogP contribution >= 0.6 is 0 Å². The highest BCUT2D eigenvalue weighted by Gasteiger charge is 2.19. The van der Waals surface area contributed by atoms with Crippen molar-refractivity contribution in [3.63, 3.8) is 0 Å². The zero-order valence-electron chi connectivity index (χ0n) is 19.0. The molecule has 4 aromatic rings. The van der Waals surface area contributed by atoms with Crippen LogP contribution < -0.4 is 5.32 Å². The largest absolute Gasteiger partial charge is 0.339 e. The van der Waals surface area contributed by atoms with Gasteiger partial charge in [0.1, 0.15) is 17.5 Å². The Morgan fingerprint density at radius 2 is 1.91 bits per heavy atom. The predicted molar refractivity (Wildman–Crippen MR) is 124 cm³/mol. The van der Waals surface area contributed by atoms with Gasteiger partial charge in [0.25, 0.3) is 0 Å². The second-order valence-electron chi connectivity index (χ2n) is 8.52. The molecule has 0 radical (unpaired) electrons. The van der Waals surface area contributed by atoms with Gasteiger partial charge in [0, 0.05) is 37.1 Å². The molecule has 0 fully saturated rings. The summed E-state index contributed by atoms with van der Waals surface area (Å²) < 4.78 is 34.9. The second-order valence-corrected chi connectivity index (χ2v) is 8.52. The third-order valence-electron chi connectivity index (χ3n) is 5.97. The fourth-order valence-corrected chi connectivity index (χ4v) is 4.15. The number of rotatable bonds is 7. The van der Waals surface area contributed by atoms with Gasteiger partial charge in [0.15, 0.2) is 5.82 Å². The number of halogens is 2. The SMILES string of the molecule is O=C(CCCc1nc(-c2ccc(F)cc2)no1)Nc1ccc(F)c(-c2nnc3n2CCCCC3)c1. The number of aryl methyl sites for hydroxylation is 2. The van der Waals surface area contributed by atoms with Crippen LogP contribution in [0.3, 0.4) is 0 Å². The minimum absolute atomic E-state index is 0.207. The second kappa shape index (κ2) is 10.1. The van der Waals surface area contributed by atoms with Gasteiger partial charge >= 0.3 is 0 Å². The van der Waals surface area contributed by atoms with Gasteiger partial charge in [-0.05, 0) is 61.7 Å². The van der Waals surface area contributed by atoms with Crippen LogP contribution in [-0.4, -0.2) is 30.8 Å². The number of hydrogen-bond acceptors (Lipinski definition) is 6. The Labute approximate surface area is 200 Å². The minimum Gasteiger partial charge on any atom is -0.339 e. The Morgan fingerprint density at radius 1 is 1.06 bits per heavy atom. The molecule has 1 aliphatic rings. The van der Waals surface area contributed by atoms with Crippen molar-refractivity contribution in [2.24, 2.45) is 0 Å². The lowest BCUT2D eigenvalue weighted by Gasteiger charge is -2.10. The van der Waals surface area contributed by atoms with Gasteiger partial charge in [-0.2, -0.15) is 4.98 Å². The van der Waals surface area contributed by atoms with E-state index < -0.39 is 5.82 Å². The number of aromatic nitrogens is 5. The molecule has 2 aromatic heterocycles. The Morgan fingerprint density at radius 3 is 2.77 bits per heavy atom. The molecule has 180 valence electrons. The maximum atomic E-state index is 14.6. The highest BCUT2D eigenvalue weighted by Crippen LogP contribution is 2.27. The first-order chi connectivity index (χ1) is 17.1. The summed E-state index contributed by atoms with van der Waals surface area (Å²) in [7, 11) is 0. The maximum Gasteiger partial charge on any atom is 0.226 e. The zero-order valence-corrected chi connectivity index (χ0v) is 19.0. The number of nitrogens with zero attached hydrogens (tertiary/aromatic N) is 5. The van der Waals surface area contributed by atoms with Crippen molar-refractivity contribution in [3.8, 4) is 22.8 Å². The number of hydrogen-bond donors (Lipinski definition) is 1. The molecule has 5 rings (SSSR count). The van der Waals surface area contributed by atoms with Crippen LogP contribution in [0.1, 0.15) is 43.8 Å². The number of amides is 1. The number of carbonyl (C=O) groups excluding carboxylic acids is 1. The van der Waals surface area contributed by atoms with Gasteiger partial charge in [0.05, 0.1) is 5.56 Å². The molecule has 0 saturated carbocycles. The number of nitrogens with one attached hydrogen (secondary N) is 1. The first-order valence-corrected chi connectivity index (χ1v) is 11.7. The van der Waals surface area contributed by atoms with E-state index in [1.165, 1.54) is 24.3 Å². The minimum atomic E-state index is -0.407. The van der Waals surface area contributed by atoms with E-state index in [0.717, 1.165) is 38.1 Å². The quantitative estimate of drug-likeness (QED) is 0.403. The average molecular weight is 479 g/mol. The van der Waals surface area contributed by atoms with E-state index in [9.17, 15) is 13.6 Å². The summed E-state index contributed by atoms with van der Waals surface area (Å²) in [6.45, 7) is 0.756. The van der Waals surface area contributed by atoms with Crippen molar-refractivity contribution in [1.82, 2.24) is 24.9 Å². The Hall–Kier alpha value is -3.95. The van der Waals surface area contributed by atoms with E-state index in [1.807, 2.05) is 4.57 Å². The summed E-state index contributed by atoms with van der Waals surface area (Å²) in [6.07, 6.45) is 5.12. The van der Waals surface area contributed by atoms with Crippen molar-refractivity contribution in [2.45, 2.75) is 51.5 Å². The van der Waals surface area contributed by atoms with Crippen molar-refractivity contribution in [1.29, 1.82) is 0 Å². The van der Waals surface area contributed by atoms with Crippen LogP contribution in [-0.2, 0) is 24.2 Å². The van der Waals surface area contributed by atoms with Gasteiger partial charge in [-0.3, -0.25) is 4.79 Å². The fourth-order valence-electron chi connectivity index (χ4n) is 4.15. The number of carbonyl (C=O) groups is 1. The molecule has 35 heavy (non-hydrogen) atoms. The van der Waals surface area contributed by atoms with Crippen molar-refractivity contribution >= 4 is 11.6 Å². The molecule has 0 atom stereocenters. The molecule has 3 heterocycles. The Kier molecular flexibility index (Phi) is 6.60. The molecular weight excluding hydrogens is 454 g/mol. The van der Waals surface area contributed by atoms with Gasteiger partial charge < -0.3 is 14.4 Å². The van der Waals surface area contributed by atoms with E-state index in [1.54, 1.807) is 18.2 Å². The van der Waals surface area contributed by atoms with Crippen LogP contribution in [0.5, 0.6) is 0 Å². The summed E-state index contributed by atoms with van der Waals surface area (Å²) in [5.74, 6) is 1.17. The molecular formula is C25H24F2N6O2. The van der Waals surface area contributed by atoms with Gasteiger partial charge in [-0.25, -0.2) is 8.78 Å². The molecule has 0 saturated heterocycles. The summed E-state index contributed by atoms with van der Waals surface area (Å²) >= 11 is 0. The summed E-state index contributed by atoms with van der Waals surface area (Å²) in [5, 5.41) is 15.2. The number of anilines is 1. The Bertz CT molecular complexity index is 1330. The standard InChI is InChI=1S/C25H24F2N6O2/c26-17-10-8-16(9-11-17)24-29-23(35-32-24)7-4-6-22(34)28-18-12-13-20(27)19(15-18)25-31-30-21-5-2-1-3-14-33(21)25/h8-13,15H,1-7,14H2,(H,28,34). The molecule has 0 spiro atoms. The van der Waals surface area contributed by atoms with Crippen molar-refractivity contribution in [2.75, 3.05) is 5.32 Å². The summed E-state index contributed by atoms with van der Waals surface area (Å²) in [5.41, 5.74) is 1.47. The van der Waals surface area contributed by atoms with Crippen LogP contribution in [0.25, 0.3) is 22.8 Å². The highest BCUT2D eigenvalue weighted by molar-refractivity contribution is 5.91. The molecule has 8 nitrogen and oxygen atoms in total. The van der Waals surface area contributed by atoms with Gasteiger partial charge in [0.2, 0.25) is 17.6 Å². The van der Waals surface area contributed by atoms with Crippen LogP contribution in [0, 0.1) is 11.6 Å². The van der Waals surface area contributed by atoms with Crippen LogP contribution in [0.4, 0.5) is 14.5 Å². The van der Waals surface area contributed by atoms with Gasteiger partial charge in [-0.15, -0.1) is 10.2 Å². The fraction of sp³-hybridized carbons (Fsp3) is 0.320. The summed E-state index contributed by atoms with van der Waals surface area (Å²) in [4.78, 5) is 16.8. The van der Waals surface area contributed by atoms with E-state index in [0.29, 0.717) is 47.2 Å². The van der Waals surface area contributed by atoms with E-state index >= 15 is 0 Å². The lowest BCUT2D eigenvalue weighted by molar-refractivity contribution is -0.116. The highest BCUT2D eigenvalue weighted by atomic mass is 19.1. The molecule has 1 amide bonds. The topological polar surface area (TPSA) is 98.7 Å². The average Bonchev–Trinajstić information content (AvgIpc) is 3.41. The lowest BCUT2D eigenvalue weighted by atomic mass is 10.1. The smallest absolute Gasteiger partial charge is 0.226 e. The van der Waals surface area contributed by atoms with Crippen molar-refractivity contribution in [3.05, 3.63) is 65.8 Å². The third kappa shape index (κ3) is 5.26. The van der Waals surface area contributed by atoms with Gasteiger partial charge in [-0.1, -0.05) is 11.6 Å². The van der Waals surface area contributed by atoms with E-state index in [-0.39, 0.29) is 18.1 Å². The molecule has 0 unspecified atom stereocenters.